The maximum atomic E-state index is 11.9. The van der Waals surface area contributed by atoms with Crippen molar-refractivity contribution in [1.82, 2.24) is 5.32 Å². The van der Waals surface area contributed by atoms with Gasteiger partial charge in [-0.05, 0) is 12.8 Å². The van der Waals surface area contributed by atoms with Crippen molar-refractivity contribution in [2.75, 3.05) is 6.54 Å². The summed E-state index contributed by atoms with van der Waals surface area (Å²) in [7, 11) is 0. The lowest BCUT2D eigenvalue weighted by molar-refractivity contribution is -0.155. The molecule has 0 heterocycles. The predicted octanol–water partition coefficient (Wildman–Crippen LogP) is 2.09. The van der Waals surface area contributed by atoms with E-state index in [4.69, 9.17) is 5.11 Å². The normalized spacial score (nSPS) is 19.3. The Kier molecular flexibility index (Phi) is 4.59. The molecular formula is C11H16F3NO3. The smallest absolute Gasteiger partial charge is 0.397 e. The van der Waals surface area contributed by atoms with Crippen LogP contribution in [0.3, 0.4) is 0 Å². The van der Waals surface area contributed by atoms with E-state index in [0.717, 1.165) is 19.3 Å². The largest absolute Gasteiger partial charge is 0.481 e. The molecule has 0 aromatic carbocycles. The van der Waals surface area contributed by atoms with E-state index in [1.165, 1.54) is 0 Å². The van der Waals surface area contributed by atoms with Gasteiger partial charge < -0.3 is 10.4 Å². The minimum atomic E-state index is -4.56. The monoisotopic (exact) mass is 267 g/mol. The van der Waals surface area contributed by atoms with Gasteiger partial charge >= 0.3 is 12.1 Å². The Bertz CT molecular complexity index is 322. The molecule has 0 aliphatic heterocycles. The third-order valence-electron chi connectivity index (χ3n) is 3.25. The highest BCUT2D eigenvalue weighted by Gasteiger charge is 2.40. The number of amides is 1. The Balaban J connectivity index is 2.53. The van der Waals surface area contributed by atoms with Gasteiger partial charge in [-0.15, -0.1) is 0 Å². The fraction of sp³-hybridized carbons (Fsp3) is 0.818. The van der Waals surface area contributed by atoms with E-state index in [9.17, 15) is 22.8 Å². The highest BCUT2D eigenvalue weighted by atomic mass is 19.4. The summed E-state index contributed by atoms with van der Waals surface area (Å²) in [6, 6.07) is 0. The van der Waals surface area contributed by atoms with Gasteiger partial charge in [-0.2, -0.15) is 13.2 Å². The van der Waals surface area contributed by atoms with Gasteiger partial charge in [0.25, 0.3) is 0 Å². The number of halogens is 3. The molecule has 1 aliphatic carbocycles. The van der Waals surface area contributed by atoms with Gasteiger partial charge in [0.1, 0.15) is 6.42 Å². The van der Waals surface area contributed by atoms with Crippen LogP contribution >= 0.6 is 0 Å². The van der Waals surface area contributed by atoms with Crippen LogP contribution in [0.5, 0.6) is 0 Å². The van der Waals surface area contributed by atoms with Crippen molar-refractivity contribution < 1.29 is 27.9 Å². The van der Waals surface area contributed by atoms with Gasteiger partial charge in [0.2, 0.25) is 5.91 Å². The molecule has 0 atom stereocenters. The predicted molar refractivity (Wildman–Crippen MR) is 56.8 cm³/mol. The molecule has 0 spiro atoms. The first-order chi connectivity index (χ1) is 8.25. The van der Waals surface area contributed by atoms with Crippen LogP contribution in [0.2, 0.25) is 0 Å². The van der Waals surface area contributed by atoms with Crippen molar-refractivity contribution in [2.24, 2.45) is 5.41 Å². The Morgan fingerprint density at radius 3 is 2.17 bits per heavy atom. The number of rotatable bonds is 4. The van der Waals surface area contributed by atoms with E-state index < -0.39 is 29.9 Å². The maximum Gasteiger partial charge on any atom is 0.397 e. The minimum absolute atomic E-state index is 0.225. The molecule has 4 nitrogen and oxygen atoms in total. The number of nitrogens with one attached hydrogen (secondary N) is 1. The molecule has 0 aromatic heterocycles. The quantitative estimate of drug-likeness (QED) is 0.819. The molecule has 0 unspecified atom stereocenters. The van der Waals surface area contributed by atoms with Crippen LogP contribution in [0.25, 0.3) is 0 Å². The number of carboxylic acid groups (broad SMARTS) is 1. The van der Waals surface area contributed by atoms with E-state index in [1.54, 1.807) is 0 Å². The lowest BCUT2D eigenvalue weighted by atomic mass is 9.74. The molecule has 7 heteroatoms. The molecule has 0 radical (unpaired) electrons. The van der Waals surface area contributed by atoms with Gasteiger partial charge in [0, 0.05) is 6.54 Å². The van der Waals surface area contributed by atoms with E-state index >= 15 is 0 Å². The molecule has 1 amide bonds. The number of alkyl halides is 3. The van der Waals surface area contributed by atoms with Crippen molar-refractivity contribution in [3.63, 3.8) is 0 Å². The molecule has 1 fully saturated rings. The molecule has 2 N–H and O–H groups in total. The molecule has 104 valence electrons. The second-order valence-electron chi connectivity index (χ2n) is 4.71. The third kappa shape index (κ3) is 4.19. The number of carboxylic acids is 1. The van der Waals surface area contributed by atoms with Crippen molar-refractivity contribution >= 4 is 11.9 Å². The zero-order valence-electron chi connectivity index (χ0n) is 9.85. The molecule has 0 aromatic rings. The maximum absolute atomic E-state index is 11.9. The lowest BCUT2D eigenvalue weighted by Gasteiger charge is -2.33. The number of hydrogen-bond acceptors (Lipinski definition) is 2. The van der Waals surface area contributed by atoms with Crippen LogP contribution < -0.4 is 5.32 Å². The molecule has 1 saturated carbocycles. The van der Waals surface area contributed by atoms with E-state index in [2.05, 4.69) is 5.32 Å². The number of carbonyl (C=O) groups excluding carboxylic acids is 1. The summed E-state index contributed by atoms with van der Waals surface area (Å²) in [5.41, 5.74) is -1.10. The van der Waals surface area contributed by atoms with Gasteiger partial charge in [-0.3, -0.25) is 9.59 Å². The first-order valence-electron chi connectivity index (χ1n) is 5.82. The van der Waals surface area contributed by atoms with Crippen molar-refractivity contribution in [2.45, 2.75) is 44.7 Å². The minimum Gasteiger partial charge on any atom is -0.481 e. The zero-order chi connectivity index (χ0) is 13.8. The SMILES string of the molecule is O=C(CC(F)(F)F)NCC1(C(=O)O)CCCCC1. The standard InChI is InChI=1S/C11H16F3NO3/c12-11(13,14)6-8(16)15-7-10(9(17)18)4-2-1-3-5-10/h1-7H2,(H,15,16)(H,17,18). The topological polar surface area (TPSA) is 66.4 Å². The summed E-state index contributed by atoms with van der Waals surface area (Å²) in [6.45, 7) is -0.225. The average Bonchev–Trinajstić information content (AvgIpc) is 2.25. The van der Waals surface area contributed by atoms with Crippen LogP contribution in [0, 0.1) is 5.41 Å². The zero-order valence-corrected chi connectivity index (χ0v) is 9.85. The summed E-state index contributed by atoms with van der Waals surface area (Å²) in [5, 5.41) is 11.3. The van der Waals surface area contributed by atoms with E-state index in [-0.39, 0.29) is 6.54 Å². The van der Waals surface area contributed by atoms with Gasteiger partial charge in [-0.25, -0.2) is 0 Å². The van der Waals surface area contributed by atoms with Crippen LogP contribution in [0.1, 0.15) is 38.5 Å². The Morgan fingerprint density at radius 1 is 1.17 bits per heavy atom. The molecule has 1 rings (SSSR count). The summed E-state index contributed by atoms with van der Waals surface area (Å²) in [4.78, 5) is 22.2. The fourth-order valence-corrected chi connectivity index (χ4v) is 2.21. The fourth-order valence-electron chi connectivity index (χ4n) is 2.21. The van der Waals surface area contributed by atoms with E-state index in [1.807, 2.05) is 0 Å². The molecule has 1 aliphatic rings. The van der Waals surface area contributed by atoms with Crippen LogP contribution in [0.4, 0.5) is 13.2 Å². The number of aliphatic carboxylic acids is 1. The summed E-state index contributed by atoms with van der Waals surface area (Å²) < 4.78 is 35.8. The molecular weight excluding hydrogens is 251 g/mol. The second kappa shape index (κ2) is 5.58. The Hall–Kier alpha value is -1.27. The highest BCUT2D eigenvalue weighted by molar-refractivity contribution is 5.79. The van der Waals surface area contributed by atoms with E-state index in [0.29, 0.717) is 12.8 Å². The summed E-state index contributed by atoms with van der Waals surface area (Å²) >= 11 is 0. The van der Waals surface area contributed by atoms with Gasteiger partial charge in [-0.1, -0.05) is 19.3 Å². The number of carbonyl (C=O) groups is 2. The molecule has 0 saturated heterocycles. The summed E-state index contributed by atoms with van der Waals surface area (Å²) in [5.74, 6) is -2.22. The Morgan fingerprint density at radius 2 is 1.72 bits per heavy atom. The number of hydrogen-bond donors (Lipinski definition) is 2. The molecule has 0 bridgehead atoms. The average molecular weight is 267 g/mol. The van der Waals surface area contributed by atoms with Crippen LogP contribution in [0.15, 0.2) is 0 Å². The first-order valence-corrected chi connectivity index (χ1v) is 5.82. The summed E-state index contributed by atoms with van der Waals surface area (Å²) in [6.07, 6.45) is -2.96. The highest BCUT2D eigenvalue weighted by Crippen LogP contribution is 2.36. The van der Waals surface area contributed by atoms with Crippen molar-refractivity contribution in [3.05, 3.63) is 0 Å². The van der Waals surface area contributed by atoms with Crippen LogP contribution in [-0.4, -0.2) is 29.7 Å². The van der Waals surface area contributed by atoms with Crippen LogP contribution in [-0.2, 0) is 9.59 Å². The first kappa shape index (κ1) is 14.8. The lowest BCUT2D eigenvalue weighted by Crippen LogP contribution is -2.45. The van der Waals surface area contributed by atoms with Crippen molar-refractivity contribution in [1.29, 1.82) is 0 Å². The Labute approximate surface area is 103 Å². The van der Waals surface area contributed by atoms with Crippen molar-refractivity contribution in [3.8, 4) is 0 Å². The third-order valence-corrected chi connectivity index (χ3v) is 3.25. The molecule has 18 heavy (non-hydrogen) atoms. The van der Waals surface area contributed by atoms with Gasteiger partial charge in [0.15, 0.2) is 0 Å². The second-order valence-corrected chi connectivity index (χ2v) is 4.71. The van der Waals surface area contributed by atoms with Gasteiger partial charge in [0.05, 0.1) is 5.41 Å².